The van der Waals surface area contributed by atoms with Crippen molar-refractivity contribution >= 4 is 47.3 Å². The van der Waals surface area contributed by atoms with Crippen LogP contribution in [-0.2, 0) is 32.7 Å². The van der Waals surface area contributed by atoms with Gasteiger partial charge in [-0.05, 0) is 46.3 Å². The Bertz CT molecular complexity index is 854. The summed E-state index contributed by atoms with van der Waals surface area (Å²) >= 11 is 7.42. The molecule has 2 radical (unpaired) electrons. The van der Waals surface area contributed by atoms with E-state index in [1.54, 1.807) is 6.07 Å². The summed E-state index contributed by atoms with van der Waals surface area (Å²) in [5.41, 5.74) is 1.40. The number of rotatable bonds is 5. The molecule has 0 saturated heterocycles. The molecule has 126 valence electrons. The van der Waals surface area contributed by atoms with Crippen molar-refractivity contribution in [3.8, 4) is 5.75 Å². The fourth-order valence-corrected chi connectivity index (χ4v) is 3.03. The molecule has 3 aromatic carbocycles. The second-order valence-corrected chi connectivity index (χ2v) is 6.18. The summed E-state index contributed by atoms with van der Waals surface area (Å²) in [4.78, 5) is 10.4. The van der Waals surface area contributed by atoms with Crippen LogP contribution in [0.25, 0.3) is 15.7 Å². The first-order valence-electron chi connectivity index (χ1n) is 6.99. The number of aryl methyl sites for hydroxylation is 1. The first-order valence-corrected chi connectivity index (χ1v) is 8.14. The van der Waals surface area contributed by atoms with Gasteiger partial charge in [-0.1, -0.05) is 53.6 Å². The molecule has 25 heavy (non-hydrogen) atoms. The van der Waals surface area contributed by atoms with Crippen LogP contribution in [0.1, 0.15) is 5.56 Å². The van der Waals surface area contributed by atoms with Gasteiger partial charge in [0.15, 0.2) is 0 Å². The van der Waals surface area contributed by atoms with Crippen LogP contribution in [0, 0.1) is 6.92 Å². The summed E-state index contributed by atoms with van der Waals surface area (Å²) in [6.45, 7) is 1.86. The Morgan fingerprint density at radius 2 is 1.80 bits per heavy atom. The van der Waals surface area contributed by atoms with Gasteiger partial charge in [0.25, 0.3) is 0 Å². The normalized spacial score (nSPS) is 9.88. The molecule has 0 spiro atoms. The number of halogens is 1. The molecular weight excluding hydrogens is 431 g/mol. The zero-order valence-electron chi connectivity index (χ0n) is 13.6. The van der Waals surface area contributed by atoms with Crippen LogP contribution in [0.3, 0.4) is 0 Å². The SMILES string of the molecule is Cc1ccc(O[N-]Sc2ccc3ccccc3c2)c(Cl)c1[B]O.N.[Y]. The van der Waals surface area contributed by atoms with Crippen molar-refractivity contribution < 1.29 is 42.6 Å². The number of hydrogen-bond acceptors (Lipinski definition) is 4. The first-order chi connectivity index (χ1) is 11.2. The van der Waals surface area contributed by atoms with E-state index in [2.05, 4.69) is 23.1 Å². The van der Waals surface area contributed by atoms with Gasteiger partial charge in [0, 0.05) is 32.7 Å². The van der Waals surface area contributed by atoms with Gasteiger partial charge in [0.1, 0.15) is 5.75 Å². The maximum absolute atomic E-state index is 9.23. The molecule has 0 saturated carbocycles. The van der Waals surface area contributed by atoms with Gasteiger partial charge in [0.05, 0.1) is 5.02 Å². The average molecular weight is 448 g/mol. The third kappa shape index (κ3) is 5.44. The van der Waals surface area contributed by atoms with Crippen LogP contribution in [0.15, 0.2) is 59.5 Å². The molecule has 0 fully saturated rings. The van der Waals surface area contributed by atoms with Crippen molar-refractivity contribution in [3.63, 3.8) is 0 Å². The predicted octanol–water partition coefficient (Wildman–Crippen LogP) is 4.57. The Hall–Kier alpha value is -0.591. The molecule has 0 unspecified atom stereocenters. The topological polar surface area (TPSA) is 78.6 Å². The zero-order valence-corrected chi connectivity index (χ0v) is 18.1. The van der Waals surface area contributed by atoms with Crippen molar-refractivity contribution in [3.05, 3.63) is 70.1 Å². The quantitative estimate of drug-likeness (QED) is 0.341. The van der Waals surface area contributed by atoms with E-state index < -0.39 is 0 Å². The van der Waals surface area contributed by atoms with Crippen molar-refractivity contribution in [1.82, 2.24) is 6.15 Å². The van der Waals surface area contributed by atoms with Crippen LogP contribution in [0.5, 0.6) is 5.75 Å². The minimum absolute atomic E-state index is 0. The minimum atomic E-state index is 0. The smallest absolute Gasteiger partial charge is 0.328 e. The van der Waals surface area contributed by atoms with Gasteiger partial charge in [-0.25, -0.2) is 11.9 Å². The van der Waals surface area contributed by atoms with Gasteiger partial charge in [-0.2, -0.15) is 0 Å². The fourth-order valence-electron chi connectivity index (χ4n) is 2.22. The van der Waals surface area contributed by atoms with E-state index in [0.29, 0.717) is 16.2 Å². The summed E-state index contributed by atoms with van der Waals surface area (Å²) in [5, 5.41) is 11.9. The summed E-state index contributed by atoms with van der Waals surface area (Å²) in [6.07, 6.45) is 0. The van der Waals surface area contributed by atoms with Gasteiger partial charge < -0.3 is 20.9 Å². The summed E-state index contributed by atoms with van der Waals surface area (Å²) in [6, 6.07) is 17.8. The van der Waals surface area contributed by atoms with Crippen LogP contribution >= 0.6 is 23.5 Å². The minimum Gasteiger partial charge on any atom is -0.577 e. The molecule has 0 atom stereocenters. The predicted molar refractivity (Wildman–Crippen MR) is 103 cm³/mol. The van der Waals surface area contributed by atoms with E-state index >= 15 is 0 Å². The molecule has 0 aliphatic carbocycles. The van der Waals surface area contributed by atoms with Crippen LogP contribution in [-0.4, -0.2) is 12.5 Å². The fraction of sp³-hybridized carbons (Fsp3) is 0.0588. The van der Waals surface area contributed by atoms with Crippen molar-refractivity contribution in [1.29, 1.82) is 0 Å². The number of fused-ring (bicyclic) bond motifs is 1. The summed E-state index contributed by atoms with van der Waals surface area (Å²) < 4.78 is 0. The molecule has 0 heterocycles. The molecular formula is C17H16BClN2O2SY-. The zero-order chi connectivity index (χ0) is 16.2. The van der Waals surface area contributed by atoms with E-state index in [1.807, 2.05) is 37.3 Å². The molecule has 3 rings (SSSR count). The Morgan fingerprint density at radius 3 is 2.52 bits per heavy atom. The molecule has 0 amide bonds. The molecule has 0 aromatic heterocycles. The molecule has 4 nitrogen and oxygen atoms in total. The average Bonchev–Trinajstić information content (AvgIpc) is 2.57. The van der Waals surface area contributed by atoms with Crippen LogP contribution < -0.4 is 16.5 Å². The molecule has 0 bridgehead atoms. The molecule has 0 aliphatic rings. The van der Waals surface area contributed by atoms with Crippen molar-refractivity contribution in [2.75, 3.05) is 0 Å². The summed E-state index contributed by atoms with van der Waals surface area (Å²) in [7, 11) is 0.973. The van der Waals surface area contributed by atoms with E-state index in [9.17, 15) is 5.02 Å². The second kappa shape index (κ2) is 10.5. The van der Waals surface area contributed by atoms with Gasteiger partial charge in [0.2, 0.25) is 0 Å². The van der Waals surface area contributed by atoms with E-state index in [1.165, 1.54) is 17.3 Å². The third-order valence-corrected chi connectivity index (χ3v) is 4.49. The number of benzene rings is 3. The second-order valence-electron chi connectivity index (χ2n) is 5.00. The Balaban J connectivity index is 0.00000156. The third-order valence-electron chi connectivity index (χ3n) is 3.49. The summed E-state index contributed by atoms with van der Waals surface area (Å²) in [5.74, 6) is 0.408. The van der Waals surface area contributed by atoms with Gasteiger partial charge in [-0.3, -0.25) is 0 Å². The molecule has 8 heteroatoms. The molecule has 3 aromatic rings. The van der Waals surface area contributed by atoms with Crippen LogP contribution in [0.2, 0.25) is 5.02 Å². The first kappa shape index (κ1) is 22.4. The largest absolute Gasteiger partial charge is 0.577 e. The number of hydrogen-bond donors (Lipinski definition) is 2. The van der Waals surface area contributed by atoms with E-state index in [4.69, 9.17) is 16.4 Å². The Labute approximate surface area is 182 Å². The van der Waals surface area contributed by atoms with Gasteiger partial charge >= 0.3 is 7.48 Å². The standard InChI is InChI=1S/C17H13BClNO2S.H3N.Y/c1-11-6-9-15(17(19)16(11)18-21)22-20-23-14-8-7-12-4-2-3-5-13(12)10-14;;/h2-10,21H,1H3;1H3;/q-1;;. The monoisotopic (exact) mass is 447 g/mol. The number of nitrogens with zero attached hydrogens (tertiary/aromatic N) is 1. The molecule has 0 aliphatic heterocycles. The van der Waals surface area contributed by atoms with E-state index in [0.717, 1.165) is 23.3 Å². The van der Waals surface area contributed by atoms with Gasteiger partial charge in [-0.15, -0.1) is 0 Å². The van der Waals surface area contributed by atoms with Crippen LogP contribution in [0.4, 0.5) is 0 Å². The Morgan fingerprint density at radius 1 is 1.08 bits per heavy atom. The van der Waals surface area contributed by atoms with Crippen molar-refractivity contribution in [2.24, 2.45) is 0 Å². The maximum atomic E-state index is 9.23. The van der Waals surface area contributed by atoms with Crippen molar-refractivity contribution in [2.45, 2.75) is 11.8 Å². The Kier molecular flexibility index (Phi) is 9.46. The maximum Gasteiger partial charge on any atom is 0.328 e. The molecule has 4 N–H and O–H groups in total. The van der Waals surface area contributed by atoms with E-state index in [-0.39, 0.29) is 38.9 Å².